The first-order chi connectivity index (χ1) is 16.7. The van der Waals surface area contributed by atoms with Crippen LogP contribution in [-0.2, 0) is 14.3 Å². The van der Waals surface area contributed by atoms with Crippen molar-refractivity contribution in [2.75, 3.05) is 11.9 Å². The Hall–Kier alpha value is -3.75. The first-order valence-electron chi connectivity index (χ1n) is 11.7. The number of hydrogen-bond acceptors (Lipinski definition) is 7. The average Bonchev–Trinajstić information content (AvgIpc) is 2.82. The molecule has 1 aliphatic carbocycles. The summed E-state index contributed by atoms with van der Waals surface area (Å²) < 4.78 is 11.0. The Kier molecular flexibility index (Phi) is 8.57. The fraction of sp³-hybridized carbons (Fsp3) is 0.423. The van der Waals surface area contributed by atoms with Crippen LogP contribution < -0.4 is 5.32 Å². The zero-order valence-corrected chi connectivity index (χ0v) is 20.1. The van der Waals surface area contributed by atoms with Gasteiger partial charge in [-0.25, -0.2) is 9.59 Å². The SMILES string of the molecule is CC(C)[C@H]1CC[C@@H](C)C[C@H]1OC(=O)c1ccccc1C(=O)OCC(=O)Nc1cccc([N+](=O)[O-])c1. The summed E-state index contributed by atoms with van der Waals surface area (Å²) in [5, 5.41) is 13.3. The molecule has 9 heteroatoms. The highest BCUT2D eigenvalue weighted by atomic mass is 16.6. The number of nitro groups is 1. The van der Waals surface area contributed by atoms with E-state index in [2.05, 4.69) is 26.1 Å². The third-order valence-electron chi connectivity index (χ3n) is 6.26. The summed E-state index contributed by atoms with van der Waals surface area (Å²) in [4.78, 5) is 48.2. The van der Waals surface area contributed by atoms with Crippen LogP contribution >= 0.6 is 0 Å². The Morgan fingerprint density at radius 1 is 1.06 bits per heavy atom. The minimum atomic E-state index is -0.843. The number of amides is 1. The monoisotopic (exact) mass is 482 g/mol. The Morgan fingerprint density at radius 3 is 2.40 bits per heavy atom. The van der Waals surface area contributed by atoms with Gasteiger partial charge in [0.1, 0.15) is 6.10 Å². The van der Waals surface area contributed by atoms with Gasteiger partial charge < -0.3 is 14.8 Å². The van der Waals surface area contributed by atoms with Crippen molar-refractivity contribution in [2.45, 2.75) is 46.1 Å². The number of nitro benzene ring substituents is 1. The maximum atomic E-state index is 13.0. The summed E-state index contributed by atoms with van der Waals surface area (Å²) in [7, 11) is 0. The topological polar surface area (TPSA) is 125 Å². The number of non-ortho nitro benzene ring substituents is 1. The van der Waals surface area contributed by atoms with Crippen molar-refractivity contribution in [1.82, 2.24) is 0 Å². The normalized spacial score (nSPS) is 19.6. The molecular weight excluding hydrogens is 452 g/mol. The molecule has 9 nitrogen and oxygen atoms in total. The summed E-state index contributed by atoms with van der Waals surface area (Å²) in [5.74, 6) is -1.04. The second-order valence-corrected chi connectivity index (χ2v) is 9.25. The van der Waals surface area contributed by atoms with Crippen molar-refractivity contribution in [1.29, 1.82) is 0 Å². The van der Waals surface area contributed by atoms with Crippen molar-refractivity contribution in [3.8, 4) is 0 Å². The highest BCUT2D eigenvalue weighted by molar-refractivity contribution is 6.04. The molecule has 0 aliphatic heterocycles. The predicted octanol–water partition coefficient (Wildman–Crippen LogP) is 5.01. The van der Waals surface area contributed by atoms with Crippen LogP contribution in [0, 0.1) is 27.9 Å². The van der Waals surface area contributed by atoms with E-state index in [0.29, 0.717) is 11.8 Å². The molecule has 0 bridgehead atoms. The van der Waals surface area contributed by atoms with Gasteiger partial charge in [0.15, 0.2) is 6.61 Å². The summed E-state index contributed by atoms with van der Waals surface area (Å²) in [6.07, 6.45) is 2.63. The maximum Gasteiger partial charge on any atom is 0.339 e. The Bertz CT molecular complexity index is 1100. The zero-order chi connectivity index (χ0) is 25.5. The van der Waals surface area contributed by atoms with Gasteiger partial charge in [0.05, 0.1) is 16.1 Å². The van der Waals surface area contributed by atoms with Crippen LogP contribution in [0.3, 0.4) is 0 Å². The molecule has 1 amide bonds. The standard InChI is InChI=1S/C26H30N2O7/c1-16(2)20-12-11-17(3)13-23(20)35-26(31)22-10-5-4-9-21(22)25(30)34-15-24(29)27-18-7-6-8-19(14-18)28(32)33/h4-10,14,16-17,20,23H,11-13,15H2,1-3H3,(H,27,29)/t17-,20-,23-/m1/s1. The van der Waals surface area contributed by atoms with Crippen LogP contribution in [0.4, 0.5) is 11.4 Å². The molecule has 0 heterocycles. The number of esters is 2. The van der Waals surface area contributed by atoms with Gasteiger partial charge in [-0.15, -0.1) is 0 Å². The minimum absolute atomic E-state index is 0.00519. The van der Waals surface area contributed by atoms with Crippen LogP contribution in [0.5, 0.6) is 0 Å². The number of nitrogens with one attached hydrogen (secondary N) is 1. The molecule has 0 aromatic heterocycles. The van der Waals surface area contributed by atoms with Crippen molar-refractivity contribution in [3.63, 3.8) is 0 Å². The Labute approximate surface area is 204 Å². The molecule has 0 radical (unpaired) electrons. The fourth-order valence-electron chi connectivity index (χ4n) is 4.39. The van der Waals surface area contributed by atoms with Crippen molar-refractivity contribution >= 4 is 29.2 Å². The Morgan fingerprint density at radius 2 is 1.74 bits per heavy atom. The van der Waals surface area contributed by atoms with Gasteiger partial charge in [0.2, 0.25) is 0 Å². The molecule has 1 saturated carbocycles. The van der Waals surface area contributed by atoms with Crippen LogP contribution in [0.25, 0.3) is 0 Å². The smallest absolute Gasteiger partial charge is 0.339 e. The molecule has 0 unspecified atom stereocenters. The van der Waals surface area contributed by atoms with Crippen LogP contribution in [0.2, 0.25) is 0 Å². The van der Waals surface area contributed by atoms with E-state index in [1.807, 2.05) is 0 Å². The summed E-state index contributed by atoms with van der Waals surface area (Å²) in [6, 6.07) is 11.6. The van der Waals surface area contributed by atoms with E-state index in [9.17, 15) is 24.5 Å². The largest absolute Gasteiger partial charge is 0.458 e. The lowest BCUT2D eigenvalue weighted by molar-refractivity contribution is -0.384. The van der Waals surface area contributed by atoms with Gasteiger partial charge in [-0.1, -0.05) is 45.4 Å². The molecule has 0 saturated heterocycles. The third kappa shape index (κ3) is 6.88. The molecule has 3 atom stereocenters. The molecule has 0 spiro atoms. The van der Waals surface area contributed by atoms with E-state index in [0.717, 1.165) is 19.3 Å². The van der Waals surface area contributed by atoms with Crippen LogP contribution in [0.15, 0.2) is 48.5 Å². The molecule has 2 aromatic carbocycles. The second kappa shape index (κ2) is 11.6. The lowest BCUT2D eigenvalue weighted by Crippen LogP contribution is -2.36. The van der Waals surface area contributed by atoms with Gasteiger partial charge in [-0.2, -0.15) is 0 Å². The number of carbonyl (C=O) groups is 3. The highest BCUT2D eigenvalue weighted by Gasteiger charge is 2.34. The van der Waals surface area contributed by atoms with E-state index < -0.39 is 29.4 Å². The van der Waals surface area contributed by atoms with Crippen molar-refractivity contribution in [3.05, 3.63) is 69.8 Å². The molecule has 3 rings (SSSR count). The first kappa shape index (κ1) is 25.9. The first-order valence-corrected chi connectivity index (χ1v) is 11.7. The molecule has 1 fully saturated rings. The summed E-state index contributed by atoms with van der Waals surface area (Å²) >= 11 is 0. The number of rotatable bonds is 8. The summed E-state index contributed by atoms with van der Waals surface area (Å²) in [5.41, 5.74) is 0.105. The van der Waals surface area contributed by atoms with E-state index in [1.165, 1.54) is 36.4 Å². The minimum Gasteiger partial charge on any atom is -0.458 e. The zero-order valence-electron chi connectivity index (χ0n) is 20.1. The number of benzene rings is 2. The summed E-state index contributed by atoms with van der Waals surface area (Å²) in [6.45, 7) is 5.75. The van der Waals surface area contributed by atoms with E-state index in [1.54, 1.807) is 12.1 Å². The van der Waals surface area contributed by atoms with E-state index in [-0.39, 0.29) is 34.5 Å². The Balaban J connectivity index is 1.64. The lowest BCUT2D eigenvalue weighted by Gasteiger charge is -2.36. The average molecular weight is 483 g/mol. The number of hydrogen-bond donors (Lipinski definition) is 1. The van der Waals surface area contributed by atoms with Gasteiger partial charge in [-0.3, -0.25) is 14.9 Å². The number of ether oxygens (including phenoxy) is 2. The molecular formula is C26H30N2O7. The third-order valence-corrected chi connectivity index (χ3v) is 6.26. The molecule has 2 aromatic rings. The lowest BCUT2D eigenvalue weighted by atomic mass is 9.75. The number of nitrogens with zero attached hydrogens (tertiary/aromatic N) is 1. The van der Waals surface area contributed by atoms with E-state index >= 15 is 0 Å². The van der Waals surface area contributed by atoms with Gasteiger partial charge in [0, 0.05) is 17.8 Å². The fourth-order valence-corrected chi connectivity index (χ4v) is 4.39. The predicted molar refractivity (Wildman–Crippen MR) is 129 cm³/mol. The highest BCUT2D eigenvalue weighted by Crippen LogP contribution is 2.36. The van der Waals surface area contributed by atoms with E-state index in [4.69, 9.17) is 9.47 Å². The molecule has 1 aliphatic rings. The van der Waals surface area contributed by atoms with Gasteiger partial charge >= 0.3 is 11.9 Å². The quantitative estimate of drug-likeness (QED) is 0.318. The maximum absolute atomic E-state index is 13.0. The van der Waals surface area contributed by atoms with Gasteiger partial charge in [0.25, 0.3) is 11.6 Å². The molecule has 186 valence electrons. The van der Waals surface area contributed by atoms with Gasteiger partial charge in [-0.05, 0) is 48.8 Å². The van der Waals surface area contributed by atoms with Crippen molar-refractivity contribution < 1.29 is 28.8 Å². The number of carbonyl (C=O) groups excluding carboxylic acids is 3. The van der Waals surface area contributed by atoms with Crippen LogP contribution in [0.1, 0.15) is 60.7 Å². The molecule has 1 N–H and O–H groups in total. The van der Waals surface area contributed by atoms with Crippen LogP contribution in [-0.4, -0.2) is 35.5 Å². The van der Waals surface area contributed by atoms with Crippen molar-refractivity contribution in [2.24, 2.45) is 17.8 Å². The second-order valence-electron chi connectivity index (χ2n) is 9.25. The molecule has 35 heavy (non-hydrogen) atoms. The number of anilines is 1.